The lowest BCUT2D eigenvalue weighted by molar-refractivity contribution is 0.136. The van der Waals surface area contributed by atoms with Crippen LogP contribution in [0.25, 0.3) is 0 Å². The summed E-state index contributed by atoms with van der Waals surface area (Å²) < 4.78 is 5.45. The number of nitrogens with zero attached hydrogens (tertiary/aromatic N) is 4. The van der Waals surface area contributed by atoms with E-state index in [0.717, 1.165) is 19.5 Å². The molecule has 0 bridgehead atoms. The highest BCUT2D eigenvalue weighted by molar-refractivity contribution is 5.37. The molecule has 1 fully saturated rings. The number of rotatable bonds is 4. The van der Waals surface area contributed by atoms with Gasteiger partial charge in [-0.25, -0.2) is 0 Å². The zero-order valence-corrected chi connectivity index (χ0v) is 11.6. The van der Waals surface area contributed by atoms with Gasteiger partial charge in [0, 0.05) is 19.0 Å². The highest BCUT2D eigenvalue weighted by Gasteiger charge is 2.28. The average Bonchev–Trinajstić information content (AvgIpc) is 2.76. The fraction of sp³-hybridized carbons (Fsp3) is 0.750. The summed E-state index contributed by atoms with van der Waals surface area (Å²) in [5.74, 6) is 0.917. The molecule has 1 saturated heterocycles. The Balaban J connectivity index is 2.14. The van der Waals surface area contributed by atoms with E-state index in [9.17, 15) is 5.11 Å². The van der Waals surface area contributed by atoms with Crippen molar-refractivity contribution in [2.45, 2.75) is 39.4 Å². The van der Waals surface area contributed by atoms with Crippen molar-refractivity contribution in [3.8, 4) is 6.01 Å². The lowest BCUT2D eigenvalue weighted by Crippen LogP contribution is -2.26. The number of aromatic nitrogens is 3. The number of aliphatic hydroxyl groups excluding tert-OH is 1. The zero-order chi connectivity index (χ0) is 14.0. The minimum absolute atomic E-state index is 0.0153. The molecular formula is C12H21N5O2. The Labute approximate surface area is 112 Å². The average molecular weight is 267 g/mol. The van der Waals surface area contributed by atoms with Crippen molar-refractivity contribution >= 4 is 11.9 Å². The van der Waals surface area contributed by atoms with Gasteiger partial charge < -0.3 is 20.5 Å². The zero-order valence-electron chi connectivity index (χ0n) is 11.6. The molecule has 2 heterocycles. The second-order valence-corrected chi connectivity index (χ2v) is 5.18. The van der Waals surface area contributed by atoms with Crippen LogP contribution in [0.1, 0.15) is 27.2 Å². The molecule has 1 aliphatic rings. The molecule has 0 amide bonds. The summed E-state index contributed by atoms with van der Waals surface area (Å²) in [6.07, 6.45) is 0.581. The van der Waals surface area contributed by atoms with Gasteiger partial charge in [-0.3, -0.25) is 0 Å². The summed E-state index contributed by atoms with van der Waals surface area (Å²) in [6, 6.07) is 0.248. The fourth-order valence-electron chi connectivity index (χ4n) is 2.13. The molecule has 0 aromatic carbocycles. The summed E-state index contributed by atoms with van der Waals surface area (Å²) in [4.78, 5) is 14.4. The second kappa shape index (κ2) is 5.56. The first-order valence-electron chi connectivity index (χ1n) is 6.57. The SMILES string of the molecule is CC(C)Oc1nc(N)nc(N2CCC(C(C)O)C2)n1. The third-order valence-corrected chi connectivity index (χ3v) is 3.15. The third kappa shape index (κ3) is 3.44. The number of nitrogens with two attached hydrogens (primary N) is 1. The molecule has 1 aromatic rings. The van der Waals surface area contributed by atoms with Crippen LogP contribution in [0.5, 0.6) is 6.01 Å². The maximum Gasteiger partial charge on any atom is 0.323 e. The fourth-order valence-corrected chi connectivity index (χ4v) is 2.13. The van der Waals surface area contributed by atoms with Crippen LogP contribution in [0, 0.1) is 5.92 Å². The Bertz CT molecular complexity index is 438. The van der Waals surface area contributed by atoms with Crippen LogP contribution in [0.2, 0.25) is 0 Å². The number of nitrogen functional groups attached to an aromatic ring is 1. The van der Waals surface area contributed by atoms with Gasteiger partial charge >= 0.3 is 6.01 Å². The summed E-state index contributed by atoms with van der Waals surface area (Å²) in [7, 11) is 0. The van der Waals surface area contributed by atoms with Crippen LogP contribution in [0.3, 0.4) is 0 Å². The van der Waals surface area contributed by atoms with E-state index < -0.39 is 0 Å². The Kier molecular flexibility index (Phi) is 4.04. The molecule has 1 aliphatic heterocycles. The predicted octanol–water partition coefficient (Wildman–Crippen LogP) is 0.448. The minimum Gasteiger partial charge on any atom is -0.461 e. The highest BCUT2D eigenvalue weighted by atomic mass is 16.5. The number of aliphatic hydroxyl groups is 1. The lowest BCUT2D eigenvalue weighted by atomic mass is 10.0. The molecule has 19 heavy (non-hydrogen) atoms. The molecule has 7 heteroatoms. The molecule has 1 aromatic heterocycles. The van der Waals surface area contributed by atoms with E-state index >= 15 is 0 Å². The van der Waals surface area contributed by atoms with Gasteiger partial charge in [-0.15, -0.1) is 0 Å². The summed E-state index contributed by atoms with van der Waals surface area (Å²) in [5.41, 5.74) is 5.68. The smallest absolute Gasteiger partial charge is 0.323 e. The topological polar surface area (TPSA) is 97.4 Å². The van der Waals surface area contributed by atoms with Gasteiger partial charge in [0.2, 0.25) is 11.9 Å². The van der Waals surface area contributed by atoms with Gasteiger partial charge in [-0.05, 0) is 27.2 Å². The summed E-state index contributed by atoms with van der Waals surface area (Å²) in [6.45, 7) is 7.14. The van der Waals surface area contributed by atoms with Crippen molar-refractivity contribution in [1.29, 1.82) is 0 Å². The van der Waals surface area contributed by atoms with Crippen LogP contribution in [0.15, 0.2) is 0 Å². The third-order valence-electron chi connectivity index (χ3n) is 3.15. The van der Waals surface area contributed by atoms with Crippen molar-refractivity contribution in [2.75, 3.05) is 23.7 Å². The van der Waals surface area contributed by atoms with E-state index in [4.69, 9.17) is 10.5 Å². The van der Waals surface area contributed by atoms with Crippen molar-refractivity contribution < 1.29 is 9.84 Å². The Morgan fingerprint density at radius 3 is 2.63 bits per heavy atom. The standard InChI is InChI=1S/C12H21N5O2/c1-7(2)19-12-15-10(13)14-11(16-12)17-5-4-9(6-17)8(3)18/h7-9,18H,4-6H2,1-3H3,(H2,13,14,15,16). The van der Waals surface area contributed by atoms with Crippen LogP contribution in [-0.4, -0.2) is 45.4 Å². The molecule has 0 spiro atoms. The highest BCUT2D eigenvalue weighted by Crippen LogP contribution is 2.24. The van der Waals surface area contributed by atoms with E-state index in [1.165, 1.54) is 0 Å². The summed E-state index contributed by atoms with van der Waals surface area (Å²) >= 11 is 0. The minimum atomic E-state index is -0.324. The van der Waals surface area contributed by atoms with Crippen LogP contribution >= 0.6 is 0 Å². The van der Waals surface area contributed by atoms with Gasteiger partial charge in [0.05, 0.1) is 12.2 Å². The van der Waals surface area contributed by atoms with Crippen molar-refractivity contribution in [1.82, 2.24) is 15.0 Å². The predicted molar refractivity (Wildman–Crippen MR) is 72.0 cm³/mol. The van der Waals surface area contributed by atoms with Gasteiger partial charge in [-0.1, -0.05) is 0 Å². The number of hydrogen-bond donors (Lipinski definition) is 2. The molecule has 3 N–H and O–H groups in total. The van der Waals surface area contributed by atoms with E-state index in [1.807, 2.05) is 25.7 Å². The van der Waals surface area contributed by atoms with Crippen LogP contribution in [0.4, 0.5) is 11.9 Å². The Hall–Kier alpha value is -1.63. The molecule has 0 radical (unpaired) electrons. The van der Waals surface area contributed by atoms with Gasteiger partial charge in [-0.2, -0.15) is 15.0 Å². The van der Waals surface area contributed by atoms with Crippen molar-refractivity contribution in [3.63, 3.8) is 0 Å². The number of ether oxygens (including phenoxy) is 1. The van der Waals surface area contributed by atoms with Crippen molar-refractivity contribution in [2.24, 2.45) is 5.92 Å². The second-order valence-electron chi connectivity index (χ2n) is 5.18. The van der Waals surface area contributed by atoms with E-state index in [0.29, 0.717) is 5.95 Å². The normalized spacial score (nSPS) is 20.9. The van der Waals surface area contributed by atoms with E-state index in [1.54, 1.807) is 0 Å². The molecule has 106 valence electrons. The first-order valence-corrected chi connectivity index (χ1v) is 6.57. The maximum absolute atomic E-state index is 9.62. The quantitative estimate of drug-likeness (QED) is 0.817. The first kappa shape index (κ1) is 13.8. The molecular weight excluding hydrogens is 246 g/mol. The molecule has 0 saturated carbocycles. The molecule has 7 nitrogen and oxygen atoms in total. The maximum atomic E-state index is 9.62. The summed E-state index contributed by atoms with van der Waals surface area (Å²) in [5, 5.41) is 9.62. The van der Waals surface area contributed by atoms with Gasteiger partial charge in [0.25, 0.3) is 0 Å². The molecule has 2 unspecified atom stereocenters. The lowest BCUT2D eigenvalue weighted by Gasteiger charge is -2.18. The molecule has 2 atom stereocenters. The molecule has 2 rings (SSSR count). The Morgan fingerprint density at radius 2 is 2.05 bits per heavy atom. The number of anilines is 2. The number of hydrogen-bond acceptors (Lipinski definition) is 7. The van der Waals surface area contributed by atoms with Crippen molar-refractivity contribution in [3.05, 3.63) is 0 Å². The van der Waals surface area contributed by atoms with E-state index in [-0.39, 0.29) is 30.1 Å². The Morgan fingerprint density at radius 1 is 1.32 bits per heavy atom. The largest absolute Gasteiger partial charge is 0.461 e. The van der Waals surface area contributed by atoms with Crippen LogP contribution < -0.4 is 15.4 Å². The van der Waals surface area contributed by atoms with E-state index in [2.05, 4.69) is 15.0 Å². The van der Waals surface area contributed by atoms with Gasteiger partial charge in [0.1, 0.15) is 0 Å². The first-order chi connectivity index (χ1) is 8.95. The monoisotopic (exact) mass is 267 g/mol. The van der Waals surface area contributed by atoms with Crippen LogP contribution in [-0.2, 0) is 0 Å². The molecule has 0 aliphatic carbocycles. The van der Waals surface area contributed by atoms with Gasteiger partial charge in [0.15, 0.2) is 0 Å².